The second-order valence-corrected chi connectivity index (χ2v) is 9.23. The highest BCUT2D eigenvalue weighted by Crippen LogP contribution is 2.37. The summed E-state index contributed by atoms with van der Waals surface area (Å²) < 4.78 is 38.0. The van der Waals surface area contributed by atoms with E-state index in [9.17, 15) is 22.8 Å². The normalized spacial score (nSPS) is 15.9. The number of carbonyl (C=O) groups excluding carboxylic acids is 2. The average Bonchev–Trinajstić information content (AvgIpc) is 3.52. The summed E-state index contributed by atoms with van der Waals surface area (Å²) in [5.74, 6) is -0.387. The number of thiophene rings is 2. The molecule has 33 heavy (non-hydrogen) atoms. The van der Waals surface area contributed by atoms with Gasteiger partial charge in [-0.15, -0.1) is 22.7 Å². The van der Waals surface area contributed by atoms with Gasteiger partial charge >= 0.3 is 12.2 Å². The highest BCUT2D eigenvalue weighted by molar-refractivity contribution is 7.12. The molecule has 1 aromatic carbocycles. The Bertz CT molecular complexity index is 1170. The van der Waals surface area contributed by atoms with E-state index >= 15 is 0 Å². The highest BCUT2D eigenvalue weighted by atomic mass is 32.1. The molecular weight excluding hydrogens is 473 g/mol. The molecule has 0 saturated carbocycles. The lowest BCUT2D eigenvalue weighted by Gasteiger charge is -2.21. The maximum atomic E-state index is 12.9. The van der Waals surface area contributed by atoms with Crippen molar-refractivity contribution in [3.8, 4) is 0 Å². The molecule has 11 heteroatoms. The number of halogens is 3. The van der Waals surface area contributed by atoms with Gasteiger partial charge in [-0.1, -0.05) is 6.07 Å². The molecule has 2 N–H and O–H groups in total. The zero-order valence-electron chi connectivity index (χ0n) is 17.3. The van der Waals surface area contributed by atoms with E-state index in [1.54, 1.807) is 22.7 Å². The lowest BCUT2D eigenvalue weighted by atomic mass is 10.1. The summed E-state index contributed by atoms with van der Waals surface area (Å²) in [5.41, 5.74) is 1.25. The Labute approximate surface area is 195 Å². The van der Waals surface area contributed by atoms with E-state index < -0.39 is 17.8 Å². The van der Waals surface area contributed by atoms with Gasteiger partial charge in [-0.25, -0.2) is 9.80 Å². The van der Waals surface area contributed by atoms with Gasteiger partial charge in [-0.2, -0.15) is 18.3 Å². The van der Waals surface area contributed by atoms with Crippen molar-refractivity contribution in [3.63, 3.8) is 0 Å². The molecule has 1 atom stereocenters. The first-order valence-corrected chi connectivity index (χ1v) is 11.7. The van der Waals surface area contributed by atoms with Crippen LogP contribution in [0.2, 0.25) is 0 Å². The molecule has 3 aromatic rings. The van der Waals surface area contributed by atoms with Crippen LogP contribution in [0.25, 0.3) is 0 Å². The SMILES string of the molecule is Cc1ccsc1[C@H]1CC(c2cccs2)=NN1C(=O)CNC(=O)Nc1ccc(C(F)(F)F)cc1. The average molecular weight is 493 g/mol. The molecule has 172 valence electrons. The van der Waals surface area contributed by atoms with Crippen LogP contribution in [-0.4, -0.2) is 29.2 Å². The minimum Gasteiger partial charge on any atom is -0.329 e. The van der Waals surface area contributed by atoms with Crippen molar-refractivity contribution in [2.75, 3.05) is 11.9 Å². The third kappa shape index (κ3) is 5.25. The number of nitrogens with zero attached hydrogens (tertiary/aromatic N) is 2. The summed E-state index contributed by atoms with van der Waals surface area (Å²) in [6.45, 7) is 1.67. The van der Waals surface area contributed by atoms with Crippen LogP contribution >= 0.6 is 22.7 Å². The van der Waals surface area contributed by atoms with E-state index in [2.05, 4.69) is 15.7 Å². The van der Waals surface area contributed by atoms with Gasteiger partial charge in [-0.3, -0.25) is 4.79 Å². The van der Waals surface area contributed by atoms with Crippen LogP contribution in [0.15, 0.2) is 58.3 Å². The van der Waals surface area contributed by atoms with E-state index in [-0.39, 0.29) is 24.2 Å². The zero-order valence-corrected chi connectivity index (χ0v) is 19.0. The fraction of sp³-hybridized carbons (Fsp3) is 0.227. The van der Waals surface area contributed by atoms with Crippen LogP contribution in [-0.2, 0) is 11.0 Å². The number of alkyl halides is 3. The summed E-state index contributed by atoms with van der Waals surface area (Å²) in [5, 5.41) is 14.7. The quantitative estimate of drug-likeness (QED) is 0.484. The molecular formula is C22H19F3N4O2S2. The Morgan fingerprint density at radius 1 is 1.12 bits per heavy atom. The number of aryl methyl sites for hydroxylation is 1. The van der Waals surface area contributed by atoms with E-state index in [1.165, 1.54) is 5.01 Å². The van der Waals surface area contributed by atoms with Gasteiger partial charge in [-0.05, 0) is 59.6 Å². The monoisotopic (exact) mass is 492 g/mol. The number of anilines is 1. The van der Waals surface area contributed by atoms with Crippen LogP contribution in [0.1, 0.15) is 33.3 Å². The zero-order chi connectivity index (χ0) is 23.6. The van der Waals surface area contributed by atoms with Crippen LogP contribution in [0.3, 0.4) is 0 Å². The first-order chi connectivity index (χ1) is 15.7. The fourth-order valence-electron chi connectivity index (χ4n) is 3.42. The third-order valence-electron chi connectivity index (χ3n) is 5.05. The Hall–Kier alpha value is -3.18. The molecule has 0 fully saturated rings. The molecule has 2 aromatic heterocycles. The van der Waals surface area contributed by atoms with E-state index in [0.29, 0.717) is 6.42 Å². The molecule has 0 unspecified atom stereocenters. The van der Waals surface area contributed by atoms with Gasteiger partial charge in [0.1, 0.15) is 6.54 Å². The molecule has 6 nitrogen and oxygen atoms in total. The topological polar surface area (TPSA) is 73.8 Å². The largest absolute Gasteiger partial charge is 0.416 e. The number of hydrogen-bond donors (Lipinski definition) is 2. The number of rotatable bonds is 5. The van der Waals surface area contributed by atoms with E-state index in [4.69, 9.17) is 0 Å². The molecule has 0 radical (unpaired) electrons. The van der Waals surface area contributed by atoms with Crippen molar-refractivity contribution < 1.29 is 22.8 Å². The highest BCUT2D eigenvalue weighted by Gasteiger charge is 2.35. The smallest absolute Gasteiger partial charge is 0.329 e. The molecule has 4 rings (SSSR count). The van der Waals surface area contributed by atoms with Gasteiger partial charge in [0.2, 0.25) is 0 Å². The van der Waals surface area contributed by atoms with Crippen molar-refractivity contribution in [2.24, 2.45) is 5.10 Å². The Morgan fingerprint density at radius 2 is 1.88 bits per heavy atom. The molecule has 0 spiro atoms. The lowest BCUT2D eigenvalue weighted by Crippen LogP contribution is -2.39. The summed E-state index contributed by atoms with van der Waals surface area (Å²) in [4.78, 5) is 27.1. The number of hydrazone groups is 1. The molecule has 0 saturated heterocycles. The van der Waals surface area contributed by atoms with Crippen molar-refractivity contribution in [3.05, 3.63) is 74.1 Å². The number of hydrogen-bond acceptors (Lipinski definition) is 5. The molecule has 1 aliphatic rings. The lowest BCUT2D eigenvalue weighted by molar-refractivity contribution is -0.137. The van der Waals surface area contributed by atoms with E-state index in [1.807, 2.05) is 35.9 Å². The summed E-state index contributed by atoms with van der Waals surface area (Å²) in [6.07, 6.45) is -3.88. The molecule has 1 aliphatic heterocycles. The first-order valence-electron chi connectivity index (χ1n) is 9.92. The standard InChI is InChI=1S/C22H19F3N4O2S2/c1-13-8-10-33-20(13)17-11-16(18-3-2-9-32-18)28-29(17)19(30)12-26-21(31)27-15-6-4-14(5-7-15)22(23,24)25/h2-10,17H,11-12H2,1H3,(H2,26,27,31)/t17-/m1/s1. The van der Waals surface area contributed by atoms with Crippen molar-refractivity contribution >= 4 is 46.0 Å². The van der Waals surface area contributed by atoms with Gasteiger partial charge in [0.15, 0.2) is 0 Å². The maximum absolute atomic E-state index is 12.9. The number of urea groups is 1. The van der Waals surface area contributed by atoms with Crippen LogP contribution in [0.5, 0.6) is 0 Å². The number of amides is 3. The molecule has 0 aliphatic carbocycles. The second-order valence-electron chi connectivity index (χ2n) is 7.33. The maximum Gasteiger partial charge on any atom is 0.416 e. The fourth-order valence-corrected chi connectivity index (χ4v) is 5.15. The Balaban J connectivity index is 1.41. The molecule has 3 amide bonds. The Morgan fingerprint density at radius 3 is 2.48 bits per heavy atom. The number of nitrogens with one attached hydrogen (secondary N) is 2. The molecule has 3 heterocycles. The second kappa shape index (κ2) is 9.36. The van der Waals surface area contributed by atoms with Gasteiger partial charge in [0.05, 0.1) is 22.2 Å². The summed E-state index contributed by atoms with van der Waals surface area (Å²) >= 11 is 3.10. The minimum atomic E-state index is -4.46. The van der Waals surface area contributed by atoms with Crippen molar-refractivity contribution in [1.82, 2.24) is 10.3 Å². The van der Waals surface area contributed by atoms with Gasteiger partial charge in [0.25, 0.3) is 5.91 Å². The van der Waals surface area contributed by atoms with Crippen molar-refractivity contribution in [1.29, 1.82) is 0 Å². The summed E-state index contributed by atoms with van der Waals surface area (Å²) in [7, 11) is 0. The Kier molecular flexibility index (Phi) is 6.52. The van der Waals surface area contributed by atoms with Gasteiger partial charge < -0.3 is 10.6 Å². The third-order valence-corrected chi connectivity index (χ3v) is 7.09. The van der Waals surface area contributed by atoms with Crippen LogP contribution < -0.4 is 10.6 Å². The predicted molar refractivity (Wildman–Crippen MR) is 123 cm³/mol. The summed E-state index contributed by atoms with van der Waals surface area (Å²) in [6, 6.07) is 8.96. The molecule has 0 bridgehead atoms. The predicted octanol–water partition coefficient (Wildman–Crippen LogP) is 5.64. The van der Waals surface area contributed by atoms with E-state index in [0.717, 1.165) is 45.3 Å². The number of benzene rings is 1. The van der Waals surface area contributed by atoms with Gasteiger partial charge in [0, 0.05) is 17.0 Å². The van der Waals surface area contributed by atoms with Crippen molar-refractivity contribution in [2.45, 2.75) is 25.6 Å². The van der Waals surface area contributed by atoms with Crippen LogP contribution in [0.4, 0.5) is 23.7 Å². The number of carbonyl (C=O) groups is 2. The first kappa shape index (κ1) is 23.0. The van der Waals surface area contributed by atoms with Crippen LogP contribution in [0, 0.1) is 6.92 Å². The minimum absolute atomic E-state index is 0.180.